The predicted octanol–water partition coefficient (Wildman–Crippen LogP) is 3.36. The molecule has 2 aromatic rings. The Kier molecular flexibility index (Phi) is 6.43. The van der Waals surface area contributed by atoms with Gasteiger partial charge in [-0.1, -0.05) is 26.0 Å². The summed E-state index contributed by atoms with van der Waals surface area (Å²) in [6, 6.07) is 0. The largest absolute Gasteiger partial charge is 0.312 e. The van der Waals surface area contributed by atoms with Crippen LogP contribution < -0.4 is 5.56 Å². The van der Waals surface area contributed by atoms with Gasteiger partial charge < -0.3 is 4.98 Å². The first-order valence-electron chi connectivity index (χ1n) is 6.93. The van der Waals surface area contributed by atoms with Crippen molar-refractivity contribution in [2.24, 2.45) is 0 Å². The Balaban J connectivity index is 0.000000956. The number of rotatable bonds is 5. The van der Waals surface area contributed by atoms with Crippen molar-refractivity contribution < 1.29 is 0 Å². The quantitative estimate of drug-likeness (QED) is 0.671. The van der Waals surface area contributed by atoms with Crippen LogP contribution in [-0.4, -0.2) is 19.7 Å². The minimum atomic E-state index is -0.161. The minimum absolute atomic E-state index is 0.161. The van der Waals surface area contributed by atoms with Crippen LogP contribution in [0, 0.1) is 0 Å². The zero-order valence-corrected chi connectivity index (χ0v) is 12.4. The number of hydrogen-bond donors (Lipinski definition) is 1. The van der Waals surface area contributed by atoms with Crippen LogP contribution in [0.1, 0.15) is 40.0 Å². The van der Waals surface area contributed by atoms with Gasteiger partial charge in [0.2, 0.25) is 0 Å². The summed E-state index contributed by atoms with van der Waals surface area (Å²) in [5.74, 6) is 0. The summed E-state index contributed by atoms with van der Waals surface area (Å²) in [6.45, 7) is 9.65. The Morgan fingerprint density at radius 2 is 2.20 bits per heavy atom. The highest BCUT2D eigenvalue weighted by atomic mass is 16.1. The maximum Gasteiger partial charge on any atom is 0.261 e. The van der Waals surface area contributed by atoms with E-state index >= 15 is 0 Å². The molecule has 5 heteroatoms. The van der Waals surface area contributed by atoms with E-state index in [1.165, 1.54) is 6.33 Å². The summed E-state index contributed by atoms with van der Waals surface area (Å²) < 4.78 is 1.69. The summed E-state index contributed by atoms with van der Waals surface area (Å²) in [7, 11) is 0. The molecule has 0 radical (unpaired) electrons. The Bertz CT molecular complexity index is 637. The van der Waals surface area contributed by atoms with Crippen molar-refractivity contribution in [2.45, 2.75) is 40.0 Å². The summed E-state index contributed by atoms with van der Waals surface area (Å²) >= 11 is 0. The van der Waals surface area contributed by atoms with Crippen LogP contribution in [0.4, 0.5) is 0 Å². The smallest absolute Gasteiger partial charge is 0.261 e. The number of hydrogen-bond acceptors (Lipinski definition) is 3. The van der Waals surface area contributed by atoms with Gasteiger partial charge in [-0.15, -0.1) is 6.58 Å². The lowest BCUT2D eigenvalue weighted by molar-refractivity contribution is 0.850. The van der Waals surface area contributed by atoms with Crippen molar-refractivity contribution in [3.63, 3.8) is 0 Å². The molecule has 0 atom stereocenters. The highest BCUT2D eigenvalue weighted by Gasteiger charge is 2.07. The summed E-state index contributed by atoms with van der Waals surface area (Å²) in [5, 5.41) is 4.71. The molecular formula is C15H22N4O. The first kappa shape index (κ1) is 15.9. The van der Waals surface area contributed by atoms with E-state index in [0.717, 1.165) is 25.0 Å². The van der Waals surface area contributed by atoms with Crippen molar-refractivity contribution in [3.05, 3.63) is 41.6 Å². The monoisotopic (exact) mass is 274 g/mol. The standard InChI is InChI=1S/C13H16N4O.C2H6/c1-3-4-5-6-7-10(2)17-12-11(8-16-17)13(18)15-9-14-12;1-2/h3,7-9H,1,4-6H2,2H3,(H,14,15,18);1-2H3/b10-7+;. The minimum Gasteiger partial charge on any atom is -0.312 e. The number of nitrogens with one attached hydrogen (secondary N) is 1. The Morgan fingerprint density at radius 3 is 2.90 bits per heavy atom. The average Bonchev–Trinajstić information content (AvgIpc) is 2.91. The lowest BCUT2D eigenvalue weighted by Gasteiger charge is -2.02. The van der Waals surface area contributed by atoms with Crippen LogP contribution >= 0.6 is 0 Å². The van der Waals surface area contributed by atoms with E-state index < -0.39 is 0 Å². The van der Waals surface area contributed by atoms with Gasteiger partial charge in [0.25, 0.3) is 5.56 Å². The van der Waals surface area contributed by atoms with Gasteiger partial charge in [0.1, 0.15) is 5.39 Å². The maximum atomic E-state index is 11.5. The molecule has 20 heavy (non-hydrogen) atoms. The van der Waals surface area contributed by atoms with Gasteiger partial charge in [-0.3, -0.25) is 4.79 Å². The molecule has 2 heterocycles. The van der Waals surface area contributed by atoms with Crippen LogP contribution in [0.15, 0.2) is 36.0 Å². The molecule has 0 aliphatic rings. The fourth-order valence-electron chi connectivity index (χ4n) is 1.77. The molecule has 0 amide bonds. The average molecular weight is 274 g/mol. The second-order valence-electron chi connectivity index (χ2n) is 4.09. The number of unbranched alkanes of at least 4 members (excludes halogenated alkanes) is 2. The van der Waals surface area contributed by atoms with Gasteiger partial charge in [-0.05, 0) is 26.2 Å². The summed E-state index contributed by atoms with van der Waals surface area (Å²) in [4.78, 5) is 18.2. The van der Waals surface area contributed by atoms with Gasteiger partial charge in [0, 0.05) is 5.70 Å². The fraction of sp³-hybridized carbons (Fsp3) is 0.400. The molecule has 0 unspecified atom stereocenters. The van der Waals surface area contributed by atoms with E-state index in [-0.39, 0.29) is 5.56 Å². The zero-order chi connectivity index (χ0) is 15.0. The molecule has 2 rings (SSSR count). The lowest BCUT2D eigenvalue weighted by atomic mass is 10.2. The number of fused-ring (bicyclic) bond motifs is 1. The molecule has 5 nitrogen and oxygen atoms in total. The molecule has 0 saturated carbocycles. The van der Waals surface area contributed by atoms with E-state index in [0.29, 0.717) is 11.0 Å². The molecule has 2 aromatic heterocycles. The molecule has 0 bridgehead atoms. The van der Waals surface area contributed by atoms with Gasteiger partial charge in [-0.25, -0.2) is 9.67 Å². The molecule has 1 N–H and O–H groups in total. The topological polar surface area (TPSA) is 63.6 Å². The zero-order valence-electron chi connectivity index (χ0n) is 12.4. The Hall–Kier alpha value is -2.17. The molecule has 0 aromatic carbocycles. The van der Waals surface area contributed by atoms with Crippen LogP contribution in [0.3, 0.4) is 0 Å². The highest BCUT2D eigenvalue weighted by Crippen LogP contribution is 2.12. The summed E-state index contributed by atoms with van der Waals surface area (Å²) in [5.41, 5.74) is 1.41. The third-order valence-corrected chi connectivity index (χ3v) is 2.76. The third-order valence-electron chi connectivity index (χ3n) is 2.76. The van der Waals surface area contributed by atoms with Crippen LogP contribution in [0.25, 0.3) is 16.7 Å². The molecule has 0 spiro atoms. The molecule has 0 fully saturated rings. The molecular weight excluding hydrogens is 252 g/mol. The highest BCUT2D eigenvalue weighted by molar-refractivity contribution is 5.76. The first-order valence-corrected chi connectivity index (χ1v) is 6.93. The summed E-state index contributed by atoms with van der Waals surface area (Å²) in [6.07, 6.45) is 9.97. The van der Waals surface area contributed by atoms with Gasteiger partial charge in [0.15, 0.2) is 5.65 Å². The van der Waals surface area contributed by atoms with E-state index in [1.54, 1.807) is 10.9 Å². The van der Waals surface area contributed by atoms with E-state index in [4.69, 9.17) is 0 Å². The fourth-order valence-corrected chi connectivity index (χ4v) is 1.77. The Morgan fingerprint density at radius 1 is 1.45 bits per heavy atom. The second kappa shape index (κ2) is 8.09. The second-order valence-corrected chi connectivity index (χ2v) is 4.09. The number of nitrogens with zero attached hydrogens (tertiary/aromatic N) is 3. The molecule has 108 valence electrons. The van der Waals surface area contributed by atoms with Crippen molar-refractivity contribution in [2.75, 3.05) is 0 Å². The van der Waals surface area contributed by atoms with E-state index in [2.05, 4.69) is 27.7 Å². The normalized spacial score (nSPS) is 11.1. The van der Waals surface area contributed by atoms with Crippen LogP contribution in [0.5, 0.6) is 0 Å². The number of H-pyrrole nitrogens is 1. The third kappa shape index (κ3) is 3.66. The van der Waals surface area contributed by atoms with Crippen molar-refractivity contribution in [1.29, 1.82) is 0 Å². The van der Waals surface area contributed by atoms with Crippen molar-refractivity contribution in [1.82, 2.24) is 19.7 Å². The molecule has 0 aliphatic carbocycles. The first-order chi connectivity index (χ1) is 9.74. The lowest BCUT2D eigenvalue weighted by Crippen LogP contribution is -2.06. The van der Waals surface area contributed by atoms with Gasteiger partial charge >= 0.3 is 0 Å². The number of aromatic amines is 1. The Labute approximate surface area is 119 Å². The SMILES string of the molecule is C=CCCC/C=C(\C)n1ncc2c(=O)[nH]cnc21.CC. The van der Waals surface area contributed by atoms with Crippen LogP contribution in [-0.2, 0) is 0 Å². The predicted molar refractivity (Wildman–Crippen MR) is 83.5 cm³/mol. The van der Waals surface area contributed by atoms with Gasteiger partial charge in [-0.2, -0.15) is 5.10 Å². The van der Waals surface area contributed by atoms with E-state index in [1.807, 2.05) is 26.8 Å². The number of aromatic nitrogens is 4. The van der Waals surface area contributed by atoms with Crippen LogP contribution in [0.2, 0.25) is 0 Å². The van der Waals surface area contributed by atoms with E-state index in [9.17, 15) is 4.79 Å². The van der Waals surface area contributed by atoms with Gasteiger partial charge in [0.05, 0.1) is 12.5 Å². The number of allylic oxidation sites excluding steroid dienone is 3. The molecule has 0 aliphatic heterocycles. The van der Waals surface area contributed by atoms with Crippen molar-refractivity contribution in [3.8, 4) is 0 Å². The van der Waals surface area contributed by atoms with Crippen molar-refractivity contribution >= 4 is 16.7 Å². The maximum absolute atomic E-state index is 11.5. The molecule has 0 saturated heterocycles.